The van der Waals surface area contributed by atoms with Gasteiger partial charge in [0.15, 0.2) is 0 Å². The first-order valence-corrected chi connectivity index (χ1v) is 9.62. The van der Waals surface area contributed by atoms with E-state index in [-0.39, 0.29) is 5.69 Å². The molecule has 1 aliphatic rings. The quantitative estimate of drug-likeness (QED) is 0.796. The largest absolute Gasteiger partial charge is 0.516 e. The van der Waals surface area contributed by atoms with Crippen LogP contribution in [0.4, 0.5) is 18.9 Å². The summed E-state index contributed by atoms with van der Waals surface area (Å²) in [5.74, 6) is 0. The van der Waals surface area contributed by atoms with Gasteiger partial charge in [0.05, 0.1) is 0 Å². The molecular weight excluding hydrogens is 385 g/mol. The van der Waals surface area contributed by atoms with Crippen molar-refractivity contribution in [2.24, 2.45) is 0 Å². The van der Waals surface area contributed by atoms with Crippen molar-refractivity contribution < 1.29 is 21.6 Å². The van der Waals surface area contributed by atoms with Gasteiger partial charge in [-0.05, 0) is 29.7 Å². The van der Waals surface area contributed by atoms with Crippen LogP contribution < -0.4 is 4.72 Å². The summed E-state index contributed by atoms with van der Waals surface area (Å²) in [5.41, 5.74) is -2.45. The zero-order chi connectivity index (χ0) is 18.9. The summed E-state index contributed by atoms with van der Waals surface area (Å²) in [6.07, 6.45) is 0.861. The number of hydrogen-bond donors (Lipinski definition) is 1. The van der Waals surface area contributed by atoms with E-state index >= 15 is 0 Å². The normalized spacial score (nSPS) is 14.9. The van der Waals surface area contributed by atoms with E-state index in [0.29, 0.717) is 6.54 Å². The molecule has 9 heteroatoms. The highest BCUT2D eigenvalue weighted by atomic mass is 32.2. The van der Waals surface area contributed by atoms with Crippen LogP contribution in [0.5, 0.6) is 0 Å². The highest BCUT2D eigenvalue weighted by Gasteiger charge is 2.46. The minimum atomic E-state index is -5.41. The Kier molecular flexibility index (Phi) is 4.94. The van der Waals surface area contributed by atoms with Crippen molar-refractivity contribution in [3.8, 4) is 0 Å². The SMILES string of the molecule is O=S(=O)(Nc1ccc(CN2CCc3ccccc3C2=S)cc1)C(F)(F)F. The number of nitrogens with zero attached hydrogens (tertiary/aromatic N) is 1. The van der Waals surface area contributed by atoms with E-state index < -0.39 is 15.5 Å². The van der Waals surface area contributed by atoms with Gasteiger partial charge in [0.1, 0.15) is 4.99 Å². The lowest BCUT2D eigenvalue weighted by molar-refractivity contribution is -0.0429. The number of benzene rings is 2. The summed E-state index contributed by atoms with van der Waals surface area (Å²) in [6, 6.07) is 13.7. The standard InChI is InChI=1S/C17H15F3N2O2S2/c18-17(19,20)26(23,24)21-14-7-5-12(6-8-14)11-22-10-9-13-3-1-2-4-15(13)16(22)25/h1-8,21H,9-11H2. The average Bonchev–Trinajstić information content (AvgIpc) is 2.58. The molecule has 0 unspecified atom stereocenters. The first-order valence-electron chi connectivity index (χ1n) is 7.72. The molecule has 1 N–H and O–H groups in total. The van der Waals surface area contributed by atoms with Gasteiger partial charge in [-0.2, -0.15) is 21.6 Å². The number of alkyl halides is 3. The van der Waals surface area contributed by atoms with Crippen molar-refractivity contribution >= 4 is 32.9 Å². The van der Waals surface area contributed by atoms with Gasteiger partial charge >= 0.3 is 15.5 Å². The number of thiocarbonyl (C=S) groups is 1. The maximum atomic E-state index is 12.4. The molecule has 1 aliphatic heterocycles. The predicted molar refractivity (Wildman–Crippen MR) is 97.3 cm³/mol. The number of fused-ring (bicyclic) bond motifs is 1. The molecule has 0 fully saturated rings. The highest BCUT2D eigenvalue weighted by molar-refractivity contribution is 7.93. The molecule has 3 rings (SSSR count). The lowest BCUT2D eigenvalue weighted by Crippen LogP contribution is -2.36. The van der Waals surface area contributed by atoms with Crippen LogP contribution in [-0.2, 0) is 23.0 Å². The summed E-state index contributed by atoms with van der Waals surface area (Å²) in [5, 5.41) is 0. The first-order chi connectivity index (χ1) is 12.2. The minimum absolute atomic E-state index is 0.141. The Morgan fingerprint density at radius 1 is 1.08 bits per heavy atom. The Balaban J connectivity index is 1.70. The Hall–Kier alpha value is -2.13. The molecule has 0 saturated heterocycles. The van der Waals surface area contributed by atoms with E-state index in [4.69, 9.17) is 12.2 Å². The molecule has 2 aromatic rings. The summed E-state index contributed by atoms with van der Waals surface area (Å²) >= 11 is 5.53. The molecule has 0 bridgehead atoms. The molecular formula is C17H15F3N2O2S2. The second kappa shape index (κ2) is 6.88. The van der Waals surface area contributed by atoms with Crippen LogP contribution in [-0.4, -0.2) is 30.4 Å². The van der Waals surface area contributed by atoms with E-state index in [2.05, 4.69) is 0 Å². The van der Waals surface area contributed by atoms with Gasteiger partial charge in [0.25, 0.3) is 0 Å². The average molecular weight is 400 g/mol. The molecule has 26 heavy (non-hydrogen) atoms. The van der Waals surface area contributed by atoms with E-state index in [1.807, 2.05) is 29.2 Å². The summed E-state index contributed by atoms with van der Waals surface area (Å²) in [7, 11) is -5.41. The number of rotatable bonds is 4. The van der Waals surface area contributed by atoms with Gasteiger partial charge < -0.3 is 4.90 Å². The second-order valence-corrected chi connectivity index (χ2v) is 7.94. The minimum Gasteiger partial charge on any atom is -0.358 e. The molecule has 2 aromatic carbocycles. The van der Waals surface area contributed by atoms with Crippen LogP contribution >= 0.6 is 12.2 Å². The van der Waals surface area contributed by atoms with E-state index in [1.165, 1.54) is 22.4 Å². The molecule has 0 radical (unpaired) electrons. The smallest absolute Gasteiger partial charge is 0.358 e. The summed E-state index contributed by atoms with van der Waals surface area (Å²) in [4.78, 5) is 2.75. The number of hydrogen-bond acceptors (Lipinski definition) is 3. The Morgan fingerprint density at radius 3 is 2.38 bits per heavy atom. The van der Waals surface area contributed by atoms with Crippen molar-refractivity contribution in [3.63, 3.8) is 0 Å². The third-order valence-electron chi connectivity index (χ3n) is 4.07. The lowest BCUT2D eigenvalue weighted by atomic mass is 9.99. The Morgan fingerprint density at radius 2 is 1.73 bits per heavy atom. The first kappa shape index (κ1) is 18.7. The molecule has 4 nitrogen and oxygen atoms in total. The van der Waals surface area contributed by atoms with E-state index in [9.17, 15) is 21.6 Å². The number of anilines is 1. The molecule has 0 amide bonds. The van der Waals surface area contributed by atoms with Crippen molar-refractivity contribution in [1.82, 2.24) is 4.90 Å². The van der Waals surface area contributed by atoms with Crippen molar-refractivity contribution in [2.45, 2.75) is 18.5 Å². The van der Waals surface area contributed by atoms with Crippen LogP contribution in [0.25, 0.3) is 0 Å². The van der Waals surface area contributed by atoms with Crippen LogP contribution in [0.2, 0.25) is 0 Å². The fraction of sp³-hybridized carbons (Fsp3) is 0.235. The fourth-order valence-electron chi connectivity index (χ4n) is 2.74. The molecule has 0 atom stereocenters. The Labute approximate surface area is 154 Å². The molecule has 0 spiro atoms. The maximum Gasteiger partial charge on any atom is 0.516 e. The van der Waals surface area contributed by atoms with Crippen molar-refractivity contribution in [2.75, 3.05) is 11.3 Å². The highest BCUT2D eigenvalue weighted by Crippen LogP contribution is 2.26. The number of sulfonamides is 1. The molecule has 0 aromatic heterocycles. The predicted octanol–water partition coefficient (Wildman–Crippen LogP) is 3.68. The van der Waals surface area contributed by atoms with Gasteiger partial charge in [0.2, 0.25) is 0 Å². The van der Waals surface area contributed by atoms with Gasteiger partial charge in [0, 0.05) is 24.3 Å². The fourth-order valence-corrected chi connectivity index (χ4v) is 3.65. The maximum absolute atomic E-state index is 12.4. The molecule has 1 heterocycles. The molecule has 0 saturated carbocycles. The molecule has 138 valence electrons. The zero-order valence-corrected chi connectivity index (χ0v) is 15.1. The third kappa shape index (κ3) is 3.83. The zero-order valence-electron chi connectivity index (χ0n) is 13.5. The van der Waals surface area contributed by atoms with Crippen LogP contribution in [0.15, 0.2) is 48.5 Å². The van der Waals surface area contributed by atoms with E-state index in [1.54, 1.807) is 12.1 Å². The summed E-state index contributed by atoms with van der Waals surface area (Å²) < 4.78 is 61.0. The number of halogens is 3. The van der Waals surface area contributed by atoms with Crippen LogP contribution in [0, 0.1) is 0 Å². The second-order valence-electron chi connectivity index (χ2n) is 5.88. The monoisotopic (exact) mass is 400 g/mol. The van der Waals surface area contributed by atoms with Crippen LogP contribution in [0.1, 0.15) is 16.7 Å². The van der Waals surface area contributed by atoms with Gasteiger partial charge in [-0.15, -0.1) is 0 Å². The van der Waals surface area contributed by atoms with Crippen LogP contribution in [0.3, 0.4) is 0 Å². The topological polar surface area (TPSA) is 49.4 Å². The van der Waals surface area contributed by atoms with Crippen molar-refractivity contribution in [1.29, 1.82) is 0 Å². The Bertz CT molecular complexity index is 926. The number of nitrogens with one attached hydrogen (secondary N) is 1. The van der Waals surface area contributed by atoms with Gasteiger partial charge in [-0.1, -0.05) is 48.6 Å². The van der Waals surface area contributed by atoms with Crippen molar-refractivity contribution in [3.05, 3.63) is 65.2 Å². The van der Waals surface area contributed by atoms with Gasteiger partial charge in [-0.3, -0.25) is 4.72 Å². The van der Waals surface area contributed by atoms with Gasteiger partial charge in [-0.25, -0.2) is 0 Å². The van der Waals surface area contributed by atoms with E-state index in [0.717, 1.165) is 29.1 Å². The summed E-state index contributed by atoms with van der Waals surface area (Å²) in [6.45, 7) is 1.25. The lowest BCUT2D eigenvalue weighted by Gasteiger charge is -2.31. The third-order valence-corrected chi connectivity index (χ3v) is 5.66. The molecule has 0 aliphatic carbocycles.